The summed E-state index contributed by atoms with van der Waals surface area (Å²) in [4.78, 5) is 10.9. The average molecular weight is 303 g/mol. The molecular weight excluding hydrogens is 282 g/mol. The van der Waals surface area contributed by atoms with Gasteiger partial charge in [-0.2, -0.15) is 11.3 Å². The molecule has 0 spiro atoms. The standard InChI is InChI=1S/C17H21NO2S/c1-12(9-15-7-8-21-11-15)18-10-14-3-5-16(6-4-14)13(2)17(19)20/h3-8,11-13,18H,9-10H2,1-2H3,(H,19,20). The molecule has 2 atom stereocenters. The first-order chi connectivity index (χ1) is 10.1. The van der Waals surface area contributed by atoms with E-state index in [-0.39, 0.29) is 0 Å². The summed E-state index contributed by atoms with van der Waals surface area (Å²) < 4.78 is 0. The van der Waals surface area contributed by atoms with E-state index in [1.807, 2.05) is 24.3 Å². The van der Waals surface area contributed by atoms with Crippen LogP contribution in [0, 0.1) is 0 Å². The number of hydrogen-bond acceptors (Lipinski definition) is 3. The van der Waals surface area contributed by atoms with E-state index in [9.17, 15) is 4.79 Å². The van der Waals surface area contributed by atoms with Crippen LogP contribution in [0.3, 0.4) is 0 Å². The molecule has 0 aliphatic carbocycles. The number of carboxylic acids is 1. The summed E-state index contributed by atoms with van der Waals surface area (Å²) in [7, 11) is 0. The van der Waals surface area contributed by atoms with Crippen molar-refractivity contribution >= 4 is 17.3 Å². The topological polar surface area (TPSA) is 49.3 Å². The lowest BCUT2D eigenvalue weighted by atomic mass is 10.00. The second kappa shape index (κ2) is 7.38. The van der Waals surface area contributed by atoms with Crippen LogP contribution in [0.25, 0.3) is 0 Å². The number of thiophene rings is 1. The zero-order chi connectivity index (χ0) is 15.2. The molecule has 4 heteroatoms. The third kappa shape index (κ3) is 4.69. The maximum atomic E-state index is 10.9. The van der Waals surface area contributed by atoms with Crippen molar-refractivity contribution in [2.75, 3.05) is 0 Å². The molecule has 0 fully saturated rings. The molecule has 0 amide bonds. The van der Waals surface area contributed by atoms with Crippen LogP contribution in [0.15, 0.2) is 41.1 Å². The molecule has 0 saturated heterocycles. The molecule has 2 rings (SSSR count). The lowest BCUT2D eigenvalue weighted by Crippen LogP contribution is -2.27. The summed E-state index contributed by atoms with van der Waals surface area (Å²) in [5, 5.41) is 16.8. The van der Waals surface area contributed by atoms with Crippen molar-refractivity contribution in [3.05, 3.63) is 57.8 Å². The van der Waals surface area contributed by atoms with Gasteiger partial charge in [0.25, 0.3) is 0 Å². The molecule has 0 bridgehead atoms. The maximum absolute atomic E-state index is 10.9. The SMILES string of the molecule is CC(Cc1ccsc1)NCc1ccc(C(C)C(=O)O)cc1. The largest absolute Gasteiger partial charge is 0.481 e. The predicted molar refractivity (Wildman–Crippen MR) is 86.8 cm³/mol. The van der Waals surface area contributed by atoms with Crippen molar-refractivity contribution in [3.63, 3.8) is 0 Å². The second-order valence-corrected chi connectivity index (χ2v) is 6.20. The molecule has 1 aromatic carbocycles. The van der Waals surface area contributed by atoms with Gasteiger partial charge >= 0.3 is 5.97 Å². The Bertz CT molecular complexity index is 563. The van der Waals surface area contributed by atoms with Crippen LogP contribution in [-0.2, 0) is 17.8 Å². The average Bonchev–Trinajstić information content (AvgIpc) is 2.97. The molecule has 0 aliphatic heterocycles. The Morgan fingerprint density at radius 1 is 1.19 bits per heavy atom. The summed E-state index contributed by atoms with van der Waals surface area (Å²) in [6, 6.07) is 10.4. The fourth-order valence-electron chi connectivity index (χ4n) is 2.19. The zero-order valence-corrected chi connectivity index (χ0v) is 13.2. The highest BCUT2D eigenvalue weighted by atomic mass is 32.1. The monoisotopic (exact) mass is 303 g/mol. The van der Waals surface area contributed by atoms with Crippen molar-refractivity contribution in [2.24, 2.45) is 0 Å². The lowest BCUT2D eigenvalue weighted by molar-refractivity contribution is -0.138. The Morgan fingerprint density at radius 2 is 1.90 bits per heavy atom. The van der Waals surface area contributed by atoms with Gasteiger partial charge in [0.2, 0.25) is 0 Å². The molecule has 0 saturated carbocycles. The molecule has 2 unspecified atom stereocenters. The molecule has 2 aromatic rings. The van der Waals surface area contributed by atoms with Gasteiger partial charge in [-0.15, -0.1) is 0 Å². The molecule has 3 nitrogen and oxygen atoms in total. The number of benzene rings is 1. The summed E-state index contributed by atoms with van der Waals surface area (Å²) in [6.07, 6.45) is 1.03. The van der Waals surface area contributed by atoms with Gasteiger partial charge in [-0.05, 0) is 53.8 Å². The van der Waals surface area contributed by atoms with Gasteiger partial charge in [0, 0.05) is 12.6 Å². The molecule has 2 N–H and O–H groups in total. The first-order valence-corrected chi connectivity index (χ1v) is 8.06. The minimum Gasteiger partial charge on any atom is -0.481 e. The first-order valence-electron chi connectivity index (χ1n) is 7.12. The minimum atomic E-state index is -0.787. The van der Waals surface area contributed by atoms with Crippen LogP contribution in [0.5, 0.6) is 0 Å². The van der Waals surface area contributed by atoms with E-state index in [1.54, 1.807) is 18.3 Å². The maximum Gasteiger partial charge on any atom is 0.310 e. The zero-order valence-electron chi connectivity index (χ0n) is 12.4. The van der Waals surface area contributed by atoms with Crippen LogP contribution >= 0.6 is 11.3 Å². The Balaban J connectivity index is 1.84. The van der Waals surface area contributed by atoms with E-state index < -0.39 is 11.9 Å². The summed E-state index contributed by atoms with van der Waals surface area (Å²) in [5.74, 6) is -1.24. The quantitative estimate of drug-likeness (QED) is 0.820. The van der Waals surface area contributed by atoms with Gasteiger partial charge in [0.15, 0.2) is 0 Å². The summed E-state index contributed by atoms with van der Waals surface area (Å²) in [6.45, 7) is 4.68. The molecule has 21 heavy (non-hydrogen) atoms. The molecule has 1 aromatic heterocycles. The van der Waals surface area contributed by atoms with Crippen LogP contribution in [0.1, 0.15) is 36.5 Å². The lowest BCUT2D eigenvalue weighted by Gasteiger charge is -2.14. The van der Waals surface area contributed by atoms with Gasteiger partial charge in [-0.1, -0.05) is 24.3 Å². The molecule has 112 valence electrons. The van der Waals surface area contributed by atoms with E-state index in [4.69, 9.17) is 5.11 Å². The van der Waals surface area contributed by atoms with E-state index >= 15 is 0 Å². The van der Waals surface area contributed by atoms with Crippen LogP contribution in [0.4, 0.5) is 0 Å². The molecule has 0 radical (unpaired) electrons. The highest BCUT2D eigenvalue weighted by molar-refractivity contribution is 7.07. The van der Waals surface area contributed by atoms with Gasteiger partial charge in [0.05, 0.1) is 5.92 Å². The van der Waals surface area contributed by atoms with Crippen LogP contribution < -0.4 is 5.32 Å². The third-order valence-corrected chi connectivity index (χ3v) is 4.36. The molecular formula is C17H21NO2S. The van der Waals surface area contributed by atoms with Crippen molar-refractivity contribution in [2.45, 2.75) is 38.8 Å². The Hall–Kier alpha value is -1.65. The highest BCUT2D eigenvalue weighted by Crippen LogP contribution is 2.16. The number of aliphatic carboxylic acids is 1. The van der Waals surface area contributed by atoms with Gasteiger partial charge in [0.1, 0.15) is 0 Å². The number of hydrogen-bond donors (Lipinski definition) is 2. The highest BCUT2D eigenvalue weighted by Gasteiger charge is 2.13. The number of carboxylic acid groups (broad SMARTS) is 1. The molecule has 0 aliphatic rings. The van der Waals surface area contributed by atoms with Crippen molar-refractivity contribution in [1.29, 1.82) is 0 Å². The van der Waals surface area contributed by atoms with Gasteiger partial charge < -0.3 is 10.4 Å². The van der Waals surface area contributed by atoms with Crippen molar-refractivity contribution in [1.82, 2.24) is 5.32 Å². The summed E-state index contributed by atoms with van der Waals surface area (Å²) in [5.41, 5.74) is 3.39. The predicted octanol–water partition coefficient (Wildman–Crippen LogP) is 3.66. The van der Waals surface area contributed by atoms with E-state index in [2.05, 4.69) is 29.1 Å². The fourth-order valence-corrected chi connectivity index (χ4v) is 2.87. The normalized spacial score (nSPS) is 13.8. The van der Waals surface area contributed by atoms with E-state index in [0.717, 1.165) is 18.5 Å². The van der Waals surface area contributed by atoms with Crippen molar-refractivity contribution < 1.29 is 9.90 Å². The van der Waals surface area contributed by atoms with Gasteiger partial charge in [-0.3, -0.25) is 4.79 Å². The first kappa shape index (κ1) is 15.7. The van der Waals surface area contributed by atoms with Crippen LogP contribution in [-0.4, -0.2) is 17.1 Å². The smallest absolute Gasteiger partial charge is 0.310 e. The Morgan fingerprint density at radius 3 is 2.48 bits per heavy atom. The Labute approximate surface area is 129 Å². The third-order valence-electron chi connectivity index (χ3n) is 3.63. The number of nitrogens with one attached hydrogen (secondary N) is 1. The number of carbonyl (C=O) groups is 1. The van der Waals surface area contributed by atoms with E-state index in [1.165, 1.54) is 11.1 Å². The van der Waals surface area contributed by atoms with E-state index in [0.29, 0.717) is 6.04 Å². The van der Waals surface area contributed by atoms with Crippen molar-refractivity contribution in [3.8, 4) is 0 Å². The summed E-state index contributed by atoms with van der Waals surface area (Å²) >= 11 is 1.73. The van der Waals surface area contributed by atoms with Gasteiger partial charge in [-0.25, -0.2) is 0 Å². The second-order valence-electron chi connectivity index (χ2n) is 5.42. The number of rotatable bonds is 7. The Kier molecular flexibility index (Phi) is 5.53. The minimum absolute atomic E-state index is 0.414. The fraction of sp³-hybridized carbons (Fsp3) is 0.353. The van der Waals surface area contributed by atoms with Crippen LogP contribution in [0.2, 0.25) is 0 Å². The molecule has 1 heterocycles.